The van der Waals surface area contributed by atoms with Crippen molar-refractivity contribution in [1.82, 2.24) is 4.98 Å². The number of aryl methyl sites for hydroxylation is 1. The highest BCUT2D eigenvalue weighted by molar-refractivity contribution is 7.91. The number of nitrogens with zero attached hydrogens (tertiary/aromatic N) is 1. The SMILES string of the molecule is COC(=O)CCc1csc(C(C)S(C)(=O)=O)n1. The van der Waals surface area contributed by atoms with Crippen LogP contribution in [0.15, 0.2) is 5.38 Å². The van der Waals surface area contributed by atoms with Crippen LogP contribution in [0.4, 0.5) is 0 Å². The fourth-order valence-electron chi connectivity index (χ4n) is 1.14. The maximum atomic E-state index is 11.3. The lowest BCUT2D eigenvalue weighted by atomic mass is 10.2. The molecule has 96 valence electrons. The summed E-state index contributed by atoms with van der Waals surface area (Å²) in [6.45, 7) is 1.61. The van der Waals surface area contributed by atoms with Crippen molar-refractivity contribution in [3.05, 3.63) is 16.1 Å². The maximum Gasteiger partial charge on any atom is 0.305 e. The van der Waals surface area contributed by atoms with Crippen LogP contribution in [-0.4, -0.2) is 32.7 Å². The zero-order valence-corrected chi connectivity index (χ0v) is 11.6. The van der Waals surface area contributed by atoms with E-state index < -0.39 is 15.1 Å². The maximum absolute atomic E-state index is 11.3. The van der Waals surface area contributed by atoms with Gasteiger partial charge in [0.2, 0.25) is 0 Å². The van der Waals surface area contributed by atoms with Crippen molar-refractivity contribution in [2.45, 2.75) is 25.0 Å². The third kappa shape index (κ3) is 4.08. The van der Waals surface area contributed by atoms with Gasteiger partial charge in [-0.25, -0.2) is 13.4 Å². The van der Waals surface area contributed by atoms with Crippen LogP contribution >= 0.6 is 11.3 Å². The summed E-state index contributed by atoms with van der Waals surface area (Å²) in [6, 6.07) is 0. The van der Waals surface area contributed by atoms with E-state index in [0.717, 1.165) is 5.69 Å². The van der Waals surface area contributed by atoms with Gasteiger partial charge < -0.3 is 4.74 Å². The second kappa shape index (κ2) is 5.59. The van der Waals surface area contributed by atoms with E-state index in [1.54, 1.807) is 12.3 Å². The molecule has 0 N–H and O–H groups in total. The van der Waals surface area contributed by atoms with Crippen molar-refractivity contribution in [3.63, 3.8) is 0 Å². The van der Waals surface area contributed by atoms with Crippen LogP contribution in [-0.2, 0) is 25.8 Å². The van der Waals surface area contributed by atoms with Crippen LogP contribution in [0.5, 0.6) is 0 Å². The van der Waals surface area contributed by atoms with E-state index >= 15 is 0 Å². The molecule has 17 heavy (non-hydrogen) atoms. The van der Waals surface area contributed by atoms with Crippen molar-refractivity contribution in [1.29, 1.82) is 0 Å². The van der Waals surface area contributed by atoms with Gasteiger partial charge in [-0.2, -0.15) is 0 Å². The third-order valence-corrected chi connectivity index (χ3v) is 5.11. The third-order valence-electron chi connectivity index (χ3n) is 2.37. The number of esters is 1. The number of carbonyl (C=O) groups is 1. The Hall–Kier alpha value is -0.950. The molecule has 0 radical (unpaired) electrons. The van der Waals surface area contributed by atoms with Gasteiger partial charge in [-0.15, -0.1) is 11.3 Å². The molecule has 0 fully saturated rings. The lowest BCUT2D eigenvalue weighted by molar-refractivity contribution is -0.140. The monoisotopic (exact) mass is 277 g/mol. The van der Waals surface area contributed by atoms with Gasteiger partial charge in [0.15, 0.2) is 9.84 Å². The topological polar surface area (TPSA) is 73.3 Å². The van der Waals surface area contributed by atoms with Gasteiger partial charge in [0.1, 0.15) is 10.3 Å². The summed E-state index contributed by atoms with van der Waals surface area (Å²) >= 11 is 1.30. The summed E-state index contributed by atoms with van der Waals surface area (Å²) in [5.41, 5.74) is 0.728. The number of hydrogen-bond acceptors (Lipinski definition) is 6. The Balaban J connectivity index is 2.69. The van der Waals surface area contributed by atoms with Crippen LogP contribution < -0.4 is 0 Å². The van der Waals surface area contributed by atoms with Crippen molar-refractivity contribution < 1.29 is 17.9 Å². The van der Waals surface area contributed by atoms with Gasteiger partial charge in [-0.1, -0.05) is 0 Å². The molecule has 0 spiro atoms. The van der Waals surface area contributed by atoms with E-state index in [1.807, 2.05) is 0 Å². The normalized spacial score (nSPS) is 13.4. The number of aromatic nitrogens is 1. The molecule has 1 rings (SSSR count). The van der Waals surface area contributed by atoms with Gasteiger partial charge >= 0.3 is 5.97 Å². The Kier molecular flexibility index (Phi) is 4.64. The second-order valence-electron chi connectivity index (χ2n) is 3.72. The molecule has 1 aromatic rings. The molecule has 1 aromatic heterocycles. The first-order valence-electron chi connectivity index (χ1n) is 5.04. The van der Waals surface area contributed by atoms with Gasteiger partial charge in [0, 0.05) is 18.1 Å². The van der Waals surface area contributed by atoms with Crippen LogP contribution in [0.3, 0.4) is 0 Å². The van der Waals surface area contributed by atoms with Crippen molar-refractivity contribution in [2.75, 3.05) is 13.4 Å². The molecule has 1 heterocycles. The highest BCUT2D eigenvalue weighted by atomic mass is 32.2. The summed E-state index contributed by atoms with van der Waals surface area (Å²) in [5, 5.41) is 1.74. The first-order valence-corrected chi connectivity index (χ1v) is 7.88. The molecule has 0 saturated carbocycles. The fourth-order valence-corrected chi connectivity index (χ4v) is 3.04. The average Bonchev–Trinajstić information content (AvgIpc) is 2.71. The molecule has 0 aliphatic heterocycles. The predicted molar refractivity (Wildman–Crippen MR) is 65.7 cm³/mol. The molecular formula is C10H15NO4S2. The van der Waals surface area contributed by atoms with Gasteiger partial charge in [0.25, 0.3) is 0 Å². The molecule has 0 aliphatic rings. The smallest absolute Gasteiger partial charge is 0.305 e. The van der Waals surface area contributed by atoms with Gasteiger partial charge in [-0.3, -0.25) is 4.79 Å². The van der Waals surface area contributed by atoms with Gasteiger partial charge in [0.05, 0.1) is 19.2 Å². The minimum atomic E-state index is -3.12. The zero-order chi connectivity index (χ0) is 13.1. The van der Waals surface area contributed by atoms with Crippen molar-refractivity contribution in [3.8, 4) is 0 Å². The highest BCUT2D eigenvalue weighted by Gasteiger charge is 2.20. The summed E-state index contributed by atoms with van der Waals surface area (Å²) in [4.78, 5) is 15.2. The first-order chi connectivity index (χ1) is 7.84. The molecule has 0 saturated heterocycles. The zero-order valence-electron chi connectivity index (χ0n) is 9.97. The number of sulfone groups is 1. The van der Waals surface area contributed by atoms with Crippen LogP contribution in [0.1, 0.15) is 29.3 Å². The van der Waals surface area contributed by atoms with E-state index in [-0.39, 0.29) is 12.4 Å². The average molecular weight is 277 g/mol. The number of hydrogen-bond donors (Lipinski definition) is 0. The molecule has 0 bridgehead atoms. The Morgan fingerprint density at radius 2 is 2.24 bits per heavy atom. The molecule has 5 nitrogen and oxygen atoms in total. The van der Waals surface area contributed by atoms with Crippen molar-refractivity contribution >= 4 is 27.1 Å². The van der Waals surface area contributed by atoms with Crippen LogP contribution in [0.2, 0.25) is 0 Å². The fraction of sp³-hybridized carbons (Fsp3) is 0.600. The largest absolute Gasteiger partial charge is 0.469 e. The number of rotatable bonds is 5. The Morgan fingerprint density at radius 3 is 2.76 bits per heavy atom. The molecular weight excluding hydrogens is 262 g/mol. The summed E-state index contributed by atoms with van der Waals surface area (Å²) < 4.78 is 27.2. The number of methoxy groups -OCH3 is 1. The van der Waals surface area contributed by atoms with Crippen molar-refractivity contribution in [2.24, 2.45) is 0 Å². The van der Waals surface area contributed by atoms with E-state index in [0.29, 0.717) is 11.4 Å². The van der Waals surface area contributed by atoms with E-state index in [9.17, 15) is 13.2 Å². The predicted octanol–water partition coefficient (Wildman–Crippen LogP) is 1.35. The summed E-state index contributed by atoms with van der Waals surface area (Å²) in [6.07, 6.45) is 1.92. The molecule has 0 amide bonds. The summed E-state index contributed by atoms with van der Waals surface area (Å²) in [5.74, 6) is -0.296. The first kappa shape index (κ1) is 14.1. The van der Waals surface area contributed by atoms with E-state index in [1.165, 1.54) is 24.7 Å². The Labute approximate surface area is 105 Å². The molecule has 0 aromatic carbocycles. The molecule has 1 unspecified atom stereocenters. The standard InChI is InChI=1S/C10H15NO4S2/c1-7(17(3,13)14)10-11-8(6-16-10)4-5-9(12)15-2/h6-7H,4-5H2,1-3H3. The number of ether oxygens (including phenoxy) is 1. The minimum absolute atomic E-state index is 0.257. The molecule has 7 heteroatoms. The lowest BCUT2D eigenvalue weighted by Crippen LogP contribution is -2.07. The molecule has 1 atom stereocenters. The number of thiazole rings is 1. The lowest BCUT2D eigenvalue weighted by Gasteiger charge is -2.04. The Morgan fingerprint density at radius 1 is 1.59 bits per heavy atom. The quantitative estimate of drug-likeness (QED) is 0.760. The van der Waals surface area contributed by atoms with E-state index in [2.05, 4.69) is 9.72 Å². The summed E-state index contributed by atoms with van der Waals surface area (Å²) in [7, 11) is -1.79. The Bertz CT molecular complexity index is 492. The van der Waals surface area contributed by atoms with Crippen LogP contribution in [0.25, 0.3) is 0 Å². The molecule has 0 aliphatic carbocycles. The second-order valence-corrected chi connectivity index (χ2v) is 6.98. The van der Waals surface area contributed by atoms with E-state index in [4.69, 9.17) is 0 Å². The highest BCUT2D eigenvalue weighted by Crippen LogP contribution is 2.24. The van der Waals surface area contributed by atoms with Gasteiger partial charge in [-0.05, 0) is 6.92 Å². The van der Waals surface area contributed by atoms with Crippen LogP contribution in [0, 0.1) is 0 Å². The number of carbonyl (C=O) groups excluding carboxylic acids is 1. The minimum Gasteiger partial charge on any atom is -0.469 e.